The summed E-state index contributed by atoms with van der Waals surface area (Å²) in [6.45, 7) is 4.56. The fourth-order valence-corrected chi connectivity index (χ4v) is 6.03. The Labute approximate surface area is 210 Å². The maximum Gasteiger partial charge on any atom is 0.270 e. The number of nitrogens with zero attached hydrogens (tertiary/aromatic N) is 4. The van der Waals surface area contributed by atoms with Gasteiger partial charge in [-0.05, 0) is 68.3 Å². The van der Waals surface area contributed by atoms with Gasteiger partial charge in [0, 0.05) is 27.7 Å². The van der Waals surface area contributed by atoms with E-state index in [1.54, 1.807) is 16.7 Å². The zero-order valence-corrected chi connectivity index (χ0v) is 21.2. The Balaban J connectivity index is 1.50. The smallest absolute Gasteiger partial charge is 0.270 e. The maximum atomic E-state index is 13.6. The summed E-state index contributed by atoms with van der Waals surface area (Å²) >= 11 is 15.4. The van der Waals surface area contributed by atoms with Crippen molar-refractivity contribution in [2.75, 3.05) is 12.3 Å². The first-order valence-corrected chi connectivity index (χ1v) is 13.0. The lowest BCUT2D eigenvalue weighted by atomic mass is 10.2. The third-order valence-electron chi connectivity index (χ3n) is 5.44. The van der Waals surface area contributed by atoms with E-state index < -0.39 is 0 Å². The van der Waals surface area contributed by atoms with Gasteiger partial charge in [0.25, 0.3) is 5.91 Å². The summed E-state index contributed by atoms with van der Waals surface area (Å²) in [6, 6.07) is 15.2. The molecule has 1 saturated heterocycles. The van der Waals surface area contributed by atoms with Gasteiger partial charge in [-0.1, -0.05) is 41.0 Å². The van der Waals surface area contributed by atoms with Gasteiger partial charge in [0.1, 0.15) is 4.83 Å². The second kappa shape index (κ2) is 9.14. The number of carbonyl (C=O) groups excluding carboxylic acids is 1. The zero-order chi connectivity index (χ0) is 23.1. The molecule has 1 amide bonds. The zero-order valence-electron chi connectivity index (χ0n) is 18.0. The number of amides is 1. The van der Waals surface area contributed by atoms with Crippen molar-refractivity contribution in [3.63, 3.8) is 0 Å². The number of hydrogen-bond acceptors (Lipinski definition) is 5. The second-order valence-corrected chi connectivity index (χ2v) is 10.7. The molecule has 0 saturated carbocycles. The van der Waals surface area contributed by atoms with Crippen LogP contribution in [0.2, 0.25) is 10.0 Å². The molecule has 0 bridgehead atoms. The number of aryl methyl sites for hydroxylation is 2. The molecular weight excluding hydrogens is 495 g/mol. The van der Waals surface area contributed by atoms with E-state index in [2.05, 4.69) is 5.10 Å². The first-order chi connectivity index (χ1) is 15.9. The quantitative estimate of drug-likeness (QED) is 0.288. The molecule has 3 heterocycles. The minimum Gasteiger partial charge on any atom is -0.286 e. The number of benzene rings is 2. The molecule has 0 N–H and O–H groups in total. The average Bonchev–Trinajstić information content (AvgIpc) is 3.37. The van der Waals surface area contributed by atoms with Crippen molar-refractivity contribution in [3.8, 4) is 5.69 Å². The lowest BCUT2D eigenvalue weighted by Crippen LogP contribution is -2.38. The van der Waals surface area contributed by atoms with Crippen LogP contribution >= 0.6 is 46.3 Å². The molecule has 1 aliphatic rings. The Hall–Kier alpha value is -2.32. The molecule has 1 aliphatic heterocycles. The highest BCUT2D eigenvalue weighted by Gasteiger charge is 2.27. The van der Waals surface area contributed by atoms with Crippen LogP contribution in [0.5, 0.6) is 0 Å². The van der Waals surface area contributed by atoms with Gasteiger partial charge >= 0.3 is 0 Å². The van der Waals surface area contributed by atoms with E-state index in [1.807, 2.05) is 67.1 Å². The van der Waals surface area contributed by atoms with E-state index in [9.17, 15) is 4.79 Å². The summed E-state index contributed by atoms with van der Waals surface area (Å²) in [5.41, 5.74) is 3.54. The number of carbonyl (C=O) groups is 1. The third kappa shape index (κ3) is 4.43. The molecule has 0 spiro atoms. The topological polar surface area (TPSA) is 50.5 Å². The molecule has 9 heteroatoms. The van der Waals surface area contributed by atoms with Crippen LogP contribution in [0.4, 0.5) is 5.69 Å². The van der Waals surface area contributed by atoms with Crippen molar-refractivity contribution in [2.24, 2.45) is 4.99 Å². The van der Waals surface area contributed by atoms with E-state index in [0.717, 1.165) is 45.0 Å². The van der Waals surface area contributed by atoms with Crippen LogP contribution in [0.25, 0.3) is 15.9 Å². The van der Waals surface area contributed by atoms with Crippen LogP contribution in [0.3, 0.4) is 0 Å². The van der Waals surface area contributed by atoms with E-state index in [4.69, 9.17) is 28.2 Å². The number of fused-ring (bicyclic) bond motifs is 1. The summed E-state index contributed by atoms with van der Waals surface area (Å²) < 4.78 is 1.87. The lowest BCUT2D eigenvalue weighted by molar-refractivity contribution is 0.0854. The Morgan fingerprint density at radius 2 is 1.88 bits per heavy atom. The highest BCUT2D eigenvalue weighted by molar-refractivity contribution is 8.13. The molecule has 2 aromatic heterocycles. The second-order valence-electron chi connectivity index (χ2n) is 7.79. The molecule has 0 atom stereocenters. The number of thiophene rings is 1. The van der Waals surface area contributed by atoms with Crippen molar-refractivity contribution < 1.29 is 4.79 Å². The molecule has 1 fully saturated rings. The fourth-order valence-electron chi connectivity index (χ4n) is 3.65. The van der Waals surface area contributed by atoms with Crippen LogP contribution < -0.4 is 0 Å². The number of thioether (sulfide) groups is 1. The highest BCUT2D eigenvalue weighted by atomic mass is 35.5. The molecule has 33 heavy (non-hydrogen) atoms. The minimum atomic E-state index is -0.0394. The SMILES string of the molecule is Cc1ccc(N=C2SCCCN2C(=O)c2cc3c(C)nn(-c4ccc(Cl)cc4)c3s2)cc1Cl. The van der Waals surface area contributed by atoms with Crippen LogP contribution in [-0.4, -0.2) is 38.1 Å². The van der Waals surface area contributed by atoms with Gasteiger partial charge in [0.2, 0.25) is 0 Å². The van der Waals surface area contributed by atoms with E-state index in [1.165, 1.54) is 11.3 Å². The van der Waals surface area contributed by atoms with E-state index in [0.29, 0.717) is 26.6 Å². The fraction of sp³-hybridized carbons (Fsp3) is 0.208. The number of halogens is 2. The van der Waals surface area contributed by atoms with Crippen molar-refractivity contribution in [2.45, 2.75) is 20.3 Å². The predicted octanol–water partition coefficient (Wildman–Crippen LogP) is 7.28. The third-order valence-corrected chi connectivity index (χ3v) is 8.26. The highest BCUT2D eigenvalue weighted by Crippen LogP contribution is 2.33. The van der Waals surface area contributed by atoms with Crippen molar-refractivity contribution in [1.82, 2.24) is 14.7 Å². The summed E-state index contributed by atoms with van der Waals surface area (Å²) in [5, 5.41) is 7.69. The van der Waals surface area contributed by atoms with Gasteiger partial charge in [-0.25, -0.2) is 9.67 Å². The van der Waals surface area contributed by atoms with Crippen LogP contribution in [0.1, 0.15) is 27.3 Å². The van der Waals surface area contributed by atoms with Crippen molar-refractivity contribution in [1.29, 1.82) is 0 Å². The van der Waals surface area contributed by atoms with Crippen LogP contribution in [0.15, 0.2) is 53.5 Å². The van der Waals surface area contributed by atoms with Crippen LogP contribution in [0, 0.1) is 13.8 Å². The Kier molecular flexibility index (Phi) is 6.22. The molecule has 0 aliphatic carbocycles. The number of amidine groups is 1. The van der Waals surface area contributed by atoms with Gasteiger partial charge in [-0.15, -0.1) is 11.3 Å². The monoisotopic (exact) mass is 514 g/mol. The standard InChI is InChI=1S/C24H20Cl2N4OS2/c1-14-4-7-17(12-20(14)26)27-24-29(10-3-11-32-24)22(31)21-13-19-15(2)28-30(23(19)33-21)18-8-5-16(25)6-9-18/h4-9,12-13H,3,10-11H2,1-2H3. The molecule has 168 valence electrons. The Bertz CT molecular complexity index is 1390. The lowest BCUT2D eigenvalue weighted by Gasteiger charge is -2.27. The summed E-state index contributed by atoms with van der Waals surface area (Å²) in [5.74, 6) is 0.890. The summed E-state index contributed by atoms with van der Waals surface area (Å²) in [6.07, 6.45) is 0.923. The van der Waals surface area contributed by atoms with Gasteiger partial charge in [0.05, 0.1) is 21.9 Å². The normalized spacial score (nSPS) is 15.5. The first-order valence-electron chi connectivity index (χ1n) is 10.5. The van der Waals surface area contributed by atoms with Crippen LogP contribution in [-0.2, 0) is 0 Å². The molecule has 5 nitrogen and oxygen atoms in total. The number of aromatic nitrogens is 2. The largest absolute Gasteiger partial charge is 0.286 e. The van der Waals surface area contributed by atoms with Gasteiger partial charge in [0.15, 0.2) is 5.17 Å². The Morgan fingerprint density at radius 1 is 1.09 bits per heavy atom. The molecular formula is C24H20Cl2N4OS2. The molecule has 0 unspecified atom stereocenters. The first kappa shape index (κ1) is 22.5. The Morgan fingerprint density at radius 3 is 2.64 bits per heavy atom. The number of rotatable bonds is 3. The molecule has 4 aromatic rings. The number of hydrogen-bond donors (Lipinski definition) is 0. The van der Waals surface area contributed by atoms with E-state index >= 15 is 0 Å². The molecule has 2 aromatic carbocycles. The van der Waals surface area contributed by atoms with Gasteiger partial charge in [-0.3, -0.25) is 9.69 Å². The molecule has 0 radical (unpaired) electrons. The maximum absolute atomic E-state index is 13.6. The van der Waals surface area contributed by atoms with Gasteiger partial charge in [-0.2, -0.15) is 5.10 Å². The van der Waals surface area contributed by atoms with Crippen molar-refractivity contribution in [3.05, 3.63) is 74.7 Å². The summed E-state index contributed by atoms with van der Waals surface area (Å²) in [7, 11) is 0. The minimum absolute atomic E-state index is 0.0394. The number of aliphatic imine (C=N–C) groups is 1. The van der Waals surface area contributed by atoms with Crippen molar-refractivity contribution >= 4 is 73.3 Å². The average molecular weight is 515 g/mol. The van der Waals surface area contributed by atoms with Gasteiger partial charge < -0.3 is 0 Å². The predicted molar refractivity (Wildman–Crippen MR) is 140 cm³/mol. The summed E-state index contributed by atoms with van der Waals surface area (Å²) in [4.78, 5) is 21.7. The van der Waals surface area contributed by atoms with E-state index in [-0.39, 0.29) is 5.91 Å². The molecule has 5 rings (SSSR count).